The van der Waals surface area contributed by atoms with E-state index in [1.807, 2.05) is 6.92 Å². The lowest BCUT2D eigenvalue weighted by Crippen LogP contribution is -2.44. The number of nitrogens with one attached hydrogen (secondary N) is 2. The first-order valence-electron chi connectivity index (χ1n) is 8.09. The minimum Gasteiger partial charge on any atom is -0.344 e. The zero-order valence-corrected chi connectivity index (χ0v) is 14.8. The molecule has 1 unspecified atom stereocenters. The third-order valence-corrected chi connectivity index (χ3v) is 4.34. The number of rotatable bonds is 4. The molecular weight excluding hydrogens is 356 g/mol. The lowest BCUT2D eigenvalue weighted by molar-refractivity contribution is -0.140. The van der Waals surface area contributed by atoms with Crippen LogP contribution in [0.1, 0.15) is 24.1 Å². The van der Waals surface area contributed by atoms with Crippen molar-refractivity contribution in [2.45, 2.75) is 19.5 Å². The number of hydrogen-bond acceptors (Lipinski definition) is 4. The van der Waals surface area contributed by atoms with Crippen LogP contribution >= 0.6 is 11.6 Å². The van der Waals surface area contributed by atoms with E-state index in [0.29, 0.717) is 22.8 Å². The van der Waals surface area contributed by atoms with Gasteiger partial charge in [-0.25, -0.2) is 0 Å². The van der Waals surface area contributed by atoms with Gasteiger partial charge in [-0.05, 0) is 42.8 Å². The van der Waals surface area contributed by atoms with Gasteiger partial charge in [0.05, 0.1) is 0 Å². The normalized spacial score (nSPS) is 15.5. The van der Waals surface area contributed by atoms with Crippen molar-refractivity contribution in [3.8, 4) is 0 Å². The molecule has 7 nitrogen and oxygen atoms in total. The van der Waals surface area contributed by atoms with E-state index in [-0.39, 0.29) is 12.5 Å². The molecule has 1 aliphatic heterocycles. The second kappa shape index (κ2) is 7.53. The van der Waals surface area contributed by atoms with Crippen molar-refractivity contribution < 1.29 is 14.4 Å². The summed E-state index contributed by atoms with van der Waals surface area (Å²) in [5.41, 5.74) is 2.08. The molecule has 2 heterocycles. The molecule has 0 fully saturated rings. The number of amides is 3. The first-order valence-corrected chi connectivity index (χ1v) is 8.47. The van der Waals surface area contributed by atoms with Gasteiger partial charge in [0.1, 0.15) is 6.04 Å². The van der Waals surface area contributed by atoms with Crippen molar-refractivity contribution in [1.82, 2.24) is 15.6 Å². The van der Waals surface area contributed by atoms with Crippen LogP contribution in [0.5, 0.6) is 0 Å². The van der Waals surface area contributed by atoms with Crippen LogP contribution in [0.2, 0.25) is 5.02 Å². The number of carbonyl (C=O) groups excluding carboxylic acids is 3. The van der Waals surface area contributed by atoms with Crippen LogP contribution in [-0.2, 0) is 20.9 Å². The topological polar surface area (TPSA) is 91.4 Å². The Bertz CT molecular complexity index is 857. The van der Waals surface area contributed by atoms with Crippen LogP contribution in [0.3, 0.4) is 0 Å². The molecule has 3 amide bonds. The third kappa shape index (κ3) is 3.52. The molecule has 1 atom stereocenters. The number of benzene rings is 1. The van der Waals surface area contributed by atoms with Gasteiger partial charge >= 0.3 is 11.8 Å². The van der Waals surface area contributed by atoms with Gasteiger partial charge < -0.3 is 15.5 Å². The molecular formula is C18H17ClN4O3. The fraction of sp³-hybridized carbons (Fsp3) is 0.222. The van der Waals surface area contributed by atoms with Gasteiger partial charge in [0, 0.05) is 41.8 Å². The summed E-state index contributed by atoms with van der Waals surface area (Å²) in [6.45, 7) is 2.48. The van der Waals surface area contributed by atoms with E-state index in [9.17, 15) is 14.4 Å². The summed E-state index contributed by atoms with van der Waals surface area (Å²) in [7, 11) is 0. The highest BCUT2D eigenvalue weighted by Crippen LogP contribution is 2.37. The minimum atomic E-state index is -0.928. The maximum absolute atomic E-state index is 12.6. The SMILES string of the molecule is CCN1C(=O)C(NC(=O)C(=O)NCc2ccncc2)c2cc(Cl)ccc21. The Hall–Kier alpha value is -2.93. The predicted molar refractivity (Wildman–Crippen MR) is 96.4 cm³/mol. The van der Waals surface area contributed by atoms with Crippen LogP contribution < -0.4 is 15.5 Å². The lowest BCUT2D eigenvalue weighted by atomic mass is 10.1. The number of likely N-dealkylation sites (N-methyl/N-ethyl adjacent to an activating group) is 1. The summed E-state index contributed by atoms with van der Waals surface area (Å²) in [4.78, 5) is 42.3. The number of pyridine rings is 1. The van der Waals surface area contributed by atoms with Crippen molar-refractivity contribution in [3.63, 3.8) is 0 Å². The van der Waals surface area contributed by atoms with Crippen molar-refractivity contribution in [1.29, 1.82) is 0 Å². The van der Waals surface area contributed by atoms with E-state index in [0.717, 1.165) is 5.56 Å². The lowest BCUT2D eigenvalue weighted by Gasteiger charge is -2.15. The Balaban J connectivity index is 1.70. The van der Waals surface area contributed by atoms with Crippen LogP contribution in [0.4, 0.5) is 5.69 Å². The first-order chi connectivity index (χ1) is 12.5. The summed E-state index contributed by atoms with van der Waals surface area (Å²) >= 11 is 6.02. The zero-order chi connectivity index (χ0) is 18.7. The third-order valence-electron chi connectivity index (χ3n) is 4.10. The number of fused-ring (bicyclic) bond motifs is 1. The van der Waals surface area contributed by atoms with E-state index >= 15 is 0 Å². The summed E-state index contributed by atoms with van der Waals surface area (Å²) in [5.74, 6) is -1.98. The Kier molecular flexibility index (Phi) is 5.18. The zero-order valence-electron chi connectivity index (χ0n) is 14.0. The molecule has 0 radical (unpaired) electrons. The number of hydrogen-bond donors (Lipinski definition) is 2. The molecule has 0 saturated carbocycles. The number of halogens is 1. The Morgan fingerprint density at radius 2 is 1.92 bits per heavy atom. The second-order valence-corrected chi connectivity index (χ2v) is 6.17. The van der Waals surface area contributed by atoms with Gasteiger partial charge in [-0.15, -0.1) is 0 Å². The van der Waals surface area contributed by atoms with E-state index in [4.69, 9.17) is 11.6 Å². The first kappa shape index (κ1) is 17.9. The number of aromatic nitrogens is 1. The Labute approximate surface area is 155 Å². The van der Waals surface area contributed by atoms with E-state index in [2.05, 4.69) is 15.6 Å². The largest absolute Gasteiger partial charge is 0.344 e. The molecule has 2 N–H and O–H groups in total. The highest BCUT2D eigenvalue weighted by atomic mass is 35.5. The molecule has 0 saturated heterocycles. The highest BCUT2D eigenvalue weighted by molar-refractivity contribution is 6.35. The summed E-state index contributed by atoms with van der Waals surface area (Å²) in [6.07, 6.45) is 3.19. The monoisotopic (exact) mass is 372 g/mol. The van der Waals surface area contributed by atoms with Gasteiger partial charge in [-0.1, -0.05) is 11.6 Å². The van der Waals surface area contributed by atoms with Crippen molar-refractivity contribution in [2.75, 3.05) is 11.4 Å². The fourth-order valence-electron chi connectivity index (χ4n) is 2.84. The van der Waals surface area contributed by atoms with E-state index < -0.39 is 17.9 Å². The molecule has 1 aromatic carbocycles. The summed E-state index contributed by atoms with van der Waals surface area (Å²) in [5, 5.41) is 5.47. The number of anilines is 1. The van der Waals surface area contributed by atoms with Crippen molar-refractivity contribution in [2.24, 2.45) is 0 Å². The quantitative estimate of drug-likeness (QED) is 0.797. The van der Waals surface area contributed by atoms with Gasteiger partial charge in [0.15, 0.2) is 0 Å². The van der Waals surface area contributed by atoms with Crippen molar-refractivity contribution >= 4 is 35.0 Å². The van der Waals surface area contributed by atoms with Gasteiger partial charge in [0.25, 0.3) is 5.91 Å². The number of carbonyl (C=O) groups is 3. The van der Waals surface area contributed by atoms with Crippen LogP contribution in [0, 0.1) is 0 Å². The molecule has 26 heavy (non-hydrogen) atoms. The van der Waals surface area contributed by atoms with Gasteiger partial charge in [0.2, 0.25) is 0 Å². The Morgan fingerprint density at radius 1 is 1.19 bits per heavy atom. The smallest absolute Gasteiger partial charge is 0.310 e. The van der Waals surface area contributed by atoms with Crippen molar-refractivity contribution in [3.05, 3.63) is 58.9 Å². The maximum Gasteiger partial charge on any atom is 0.310 e. The molecule has 0 spiro atoms. The fourth-order valence-corrected chi connectivity index (χ4v) is 3.02. The molecule has 1 aliphatic rings. The molecule has 1 aromatic heterocycles. The molecule has 8 heteroatoms. The van der Waals surface area contributed by atoms with Crippen LogP contribution in [0.15, 0.2) is 42.7 Å². The highest BCUT2D eigenvalue weighted by Gasteiger charge is 2.38. The molecule has 3 rings (SSSR count). The molecule has 134 valence electrons. The minimum absolute atomic E-state index is 0.191. The molecule has 2 aromatic rings. The molecule has 0 bridgehead atoms. The Morgan fingerprint density at radius 3 is 2.62 bits per heavy atom. The predicted octanol–water partition coefficient (Wildman–Crippen LogP) is 1.58. The molecule has 0 aliphatic carbocycles. The second-order valence-electron chi connectivity index (χ2n) is 5.73. The van der Waals surface area contributed by atoms with E-state index in [1.165, 1.54) is 0 Å². The number of nitrogens with zero attached hydrogens (tertiary/aromatic N) is 2. The average molecular weight is 373 g/mol. The van der Waals surface area contributed by atoms with Gasteiger partial charge in [-0.2, -0.15) is 0 Å². The average Bonchev–Trinajstić information content (AvgIpc) is 2.91. The van der Waals surface area contributed by atoms with Crippen LogP contribution in [0.25, 0.3) is 0 Å². The standard InChI is InChI=1S/C18H17ClN4O3/c1-2-23-14-4-3-12(19)9-13(14)15(18(23)26)22-17(25)16(24)21-10-11-5-7-20-8-6-11/h3-9,15H,2,10H2,1H3,(H,21,24)(H,22,25). The summed E-state index contributed by atoms with van der Waals surface area (Å²) in [6, 6.07) is 7.58. The van der Waals surface area contributed by atoms with E-state index in [1.54, 1.807) is 47.6 Å². The van der Waals surface area contributed by atoms with Crippen LogP contribution in [-0.4, -0.2) is 29.3 Å². The maximum atomic E-state index is 12.6. The summed E-state index contributed by atoms with van der Waals surface area (Å²) < 4.78 is 0. The van der Waals surface area contributed by atoms with Gasteiger partial charge in [-0.3, -0.25) is 19.4 Å².